The predicted octanol–water partition coefficient (Wildman–Crippen LogP) is 8.53. The molecule has 13 heteroatoms. The van der Waals surface area contributed by atoms with Crippen molar-refractivity contribution in [2.24, 2.45) is 0 Å². The normalized spacial score (nSPS) is 11.2. The van der Waals surface area contributed by atoms with Crippen LogP contribution in [0.4, 0.5) is 0 Å². The van der Waals surface area contributed by atoms with Gasteiger partial charge in [0.05, 0.1) is 4.90 Å². The number of hydrogen-bond donors (Lipinski definition) is 2. The number of hydrogen-bond acceptors (Lipinski definition) is 9. The maximum Gasteiger partial charge on any atom is 2.00 e. The molecule has 272 valence electrons. The second-order valence-corrected chi connectivity index (χ2v) is 14.7. The molecule has 0 saturated heterocycles. The first-order valence-corrected chi connectivity index (χ1v) is 19.8. The van der Waals surface area contributed by atoms with Crippen LogP contribution in [0.25, 0.3) is 0 Å². The molecule has 4 aromatic carbocycles. The van der Waals surface area contributed by atoms with Crippen molar-refractivity contribution >= 4 is 58.0 Å². The van der Waals surface area contributed by atoms with Crippen molar-refractivity contribution in [3.05, 3.63) is 96.1 Å². The van der Waals surface area contributed by atoms with Crippen LogP contribution in [-0.2, 0) is 33.1 Å². The zero-order valence-electron chi connectivity index (χ0n) is 29.3. The summed E-state index contributed by atoms with van der Waals surface area (Å²) in [6.07, 6.45) is 13.7. The molecule has 4 rings (SSSR count). The van der Waals surface area contributed by atoms with Gasteiger partial charge in [-0.05, 0) is 85.3 Å². The Bertz CT molecular complexity index is 1740. The van der Waals surface area contributed by atoms with Gasteiger partial charge in [0.2, 0.25) is 0 Å². The molecule has 0 aliphatic rings. The third-order valence-corrected chi connectivity index (χ3v) is 9.51. The number of ether oxygens (including phenoxy) is 2. The number of benzene rings is 4. The van der Waals surface area contributed by atoms with E-state index in [9.17, 15) is 36.2 Å². The van der Waals surface area contributed by atoms with Crippen LogP contribution in [0.1, 0.15) is 89.2 Å². The van der Waals surface area contributed by atoms with Crippen LogP contribution in [0.2, 0.25) is 0 Å². The first kappa shape index (κ1) is 44.3. The minimum atomic E-state index is -4.78. The van der Waals surface area contributed by atoms with Crippen LogP contribution in [0.15, 0.2) is 94.7 Å². The molecule has 0 heterocycles. The molecule has 0 unspecified atom stereocenters. The summed E-state index contributed by atoms with van der Waals surface area (Å²) in [4.78, 5) is -1.09. The molecule has 4 aromatic rings. The summed E-state index contributed by atoms with van der Waals surface area (Å²) in [6.45, 7) is 4.36. The van der Waals surface area contributed by atoms with E-state index in [2.05, 4.69) is 13.8 Å². The standard InChI is InChI=1S/2C19H24O5S.Ca/c2*1-2-3-4-5-6-8-15-9-7-10-17(13-15)24-18-12-11-16(20)14-19(18)25(21,22)23;/h2*7,9-14,20H,2-6,8H2,1H3,(H,21,22,23);/q;;+2/p-2. The van der Waals surface area contributed by atoms with Crippen LogP contribution in [0.5, 0.6) is 34.5 Å². The third-order valence-electron chi connectivity index (χ3n) is 7.78. The Kier molecular flexibility index (Phi) is 19.4. The van der Waals surface area contributed by atoms with Crippen LogP contribution in [-0.4, -0.2) is 68.8 Å². The maximum absolute atomic E-state index is 11.5. The SMILES string of the molecule is CCCCCCCc1cccc(Oc2ccc(O)cc2S(=O)(=O)O)c1.CCCCCCCc1cccc(Oc2ccc([O-])cc2S(=O)(=O)[O-])c1.[Ca+2]. The van der Waals surface area contributed by atoms with Crippen molar-refractivity contribution in [3.63, 3.8) is 0 Å². The predicted molar refractivity (Wildman–Crippen MR) is 195 cm³/mol. The molecule has 0 saturated carbocycles. The largest absolute Gasteiger partial charge is 2.00 e. The average Bonchev–Trinajstić information content (AvgIpc) is 3.06. The average molecular weight is 767 g/mol. The number of phenols is 1. The van der Waals surface area contributed by atoms with Crippen molar-refractivity contribution < 1.29 is 45.6 Å². The van der Waals surface area contributed by atoms with Crippen molar-refractivity contribution in [1.29, 1.82) is 0 Å². The van der Waals surface area contributed by atoms with Gasteiger partial charge in [-0.15, -0.1) is 5.75 Å². The van der Waals surface area contributed by atoms with E-state index in [4.69, 9.17) is 9.47 Å². The van der Waals surface area contributed by atoms with Crippen molar-refractivity contribution in [1.82, 2.24) is 0 Å². The van der Waals surface area contributed by atoms with E-state index in [0.717, 1.165) is 48.9 Å². The van der Waals surface area contributed by atoms with Gasteiger partial charge in [-0.1, -0.05) is 95.5 Å². The Morgan fingerprint density at radius 1 is 0.608 bits per heavy atom. The summed E-state index contributed by atoms with van der Waals surface area (Å²) in [5.74, 6) is -0.0465. The molecule has 10 nitrogen and oxygen atoms in total. The molecule has 0 atom stereocenters. The molecule has 0 bridgehead atoms. The summed E-state index contributed by atoms with van der Waals surface area (Å²) >= 11 is 0. The van der Waals surface area contributed by atoms with E-state index in [0.29, 0.717) is 11.5 Å². The third kappa shape index (κ3) is 16.2. The van der Waals surface area contributed by atoms with Gasteiger partial charge in [0.15, 0.2) is 0 Å². The summed E-state index contributed by atoms with van der Waals surface area (Å²) in [6, 6.07) is 21.5. The van der Waals surface area contributed by atoms with E-state index < -0.39 is 35.8 Å². The fraction of sp³-hybridized carbons (Fsp3) is 0.368. The molecule has 0 spiro atoms. The maximum atomic E-state index is 11.5. The number of rotatable bonds is 18. The number of phenolic OH excluding ortho intramolecular Hbond substituents is 1. The minimum absolute atomic E-state index is 0. The van der Waals surface area contributed by atoms with Gasteiger partial charge in [-0.25, -0.2) is 8.42 Å². The molecule has 0 aromatic heterocycles. The Morgan fingerprint density at radius 2 is 1.08 bits per heavy atom. The van der Waals surface area contributed by atoms with Crippen molar-refractivity contribution in [2.75, 3.05) is 0 Å². The molecule has 51 heavy (non-hydrogen) atoms. The summed E-state index contributed by atoms with van der Waals surface area (Å²) in [5, 5.41) is 20.8. The molecule has 0 amide bonds. The molecule has 0 aliphatic carbocycles. The van der Waals surface area contributed by atoms with E-state index in [-0.39, 0.29) is 55.0 Å². The molecule has 0 fully saturated rings. The first-order valence-electron chi connectivity index (χ1n) is 16.9. The topological polar surface area (TPSA) is 173 Å². The Labute approximate surface area is 332 Å². The molecule has 2 N–H and O–H groups in total. The zero-order valence-corrected chi connectivity index (χ0v) is 33.1. The van der Waals surface area contributed by atoms with Gasteiger partial charge in [0, 0.05) is 6.07 Å². The molecule has 0 aliphatic heterocycles. The smallest absolute Gasteiger partial charge is 0.872 e. The van der Waals surface area contributed by atoms with E-state index in [1.807, 2.05) is 36.4 Å². The number of aryl methyl sites for hydroxylation is 2. The summed E-state index contributed by atoms with van der Waals surface area (Å²) < 4.78 is 77.3. The Morgan fingerprint density at radius 3 is 1.55 bits per heavy atom. The van der Waals surface area contributed by atoms with Crippen molar-refractivity contribution in [2.45, 2.75) is 101 Å². The second-order valence-electron chi connectivity index (χ2n) is 12.0. The molecule has 0 radical (unpaired) electrons. The van der Waals surface area contributed by atoms with Gasteiger partial charge in [-0.2, -0.15) is 8.42 Å². The minimum Gasteiger partial charge on any atom is -0.872 e. The van der Waals surface area contributed by atoms with Gasteiger partial charge < -0.3 is 24.2 Å². The summed E-state index contributed by atoms with van der Waals surface area (Å²) in [7, 11) is -9.28. The monoisotopic (exact) mass is 766 g/mol. The number of unbranched alkanes of at least 4 members (excludes halogenated alkanes) is 8. The van der Waals surface area contributed by atoms with Crippen molar-refractivity contribution in [3.8, 4) is 34.5 Å². The van der Waals surface area contributed by atoms with Crippen LogP contribution >= 0.6 is 0 Å². The Balaban J connectivity index is 0.000000347. The van der Waals surface area contributed by atoms with Gasteiger partial charge in [0.25, 0.3) is 10.1 Å². The molecular formula is C38H46CaO10S2. The Hall–Kier alpha value is -2.84. The van der Waals surface area contributed by atoms with Gasteiger partial charge >= 0.3 is 37.7 Å². The van der Waals surface area contributed by atoms with Crippen LogP contribution < -0.4 is 14.6 Å². The van der Waals surface area contributed by atoms with Crippen LogP contribution in [0.3, 0.4) is 0 Å². The van der Waals surface area contributed by atoms with Crippen LogP contribution in [0, 0.1) is 0 Å². The van der Waals surface area contributed by atoms with E-state index >= 15 is 0 Å². The second kappa shape index (κ2) is 22.3. The number of aromatic hydroxyl groups is 1. The van der Waals surface area contributed by atoms with E-state index in [1.54, 1.807) is 12.1 Å². The summed E-state index contributed by atoms with van der Waals surface area (Å²) in [5.41, 5.74) is 2.20. The fourth-order valence-electron chi connectivity index (χ4n) is 5.20. The molecular weight excluding hydrogens is 721 g/mol. The van der Waals surface area contributed by atoms with E-state index in [1.165, 1.54) is 75.6 Å². The fourth-order valence-corrected chi connectivity index (χ4v) is 6.45. The van der Waals surface area contributed by atoms with Gasteiger partial charge in [-0.3, -0.25) is 4.55 Å². The zero-order chi connectivity index (χ0) is 36.6. The quantitative estimate of drug-likeness (QED) is 0.0568. The van der Waals surface area contributed by atoms with Gasteiger partial charge in [0.1, 0.15) is 43.8 Å². The first-order chi connectivity index (χ1) is 23.8.